The average Bonchev–Trinajstić information content (AvgIpc) is 3.57. The third-order valence-corrected chi connectivity index (χ3v) is 8.62. The van der Waals surface area contributed by atoms with Gasteiger partial charge in [0.25, 0.3) is 0 Å². The molecule has 9 rings (SSSR count). The van der Waals surface area contributed by atoms with Crippen LogP contribution in [0.25, 0.3) is 77.3 Å². The van der Waals surface area contributed by atoms with Crippen LogP contribution < -0.4 is 0 Å². The Morgan fingerprint density at radius 3 is 1.56 bits per heavy atom. The molecule has 0 atom stereocenters. The molecule has 3 heterocycles. The summed E-state index contributed by atoms with van der Waals surface area (Å²) >= 11 is 0. The summed E-state index contributed by atoms with van der Waals surface area (Å²) in [5, 5.41) is 4.91. The molecule has 0 saturated heterocycles. The quantitative estimate of drug-likeness (QED) is 0.219. The van der Waals surface area contributed by atoms with Crippen molar-refractivity contribution in [1.29, 1.82) is 0 Å². The summed E-state index contributed by atoms with van der Waals surface area (Å²) in [5.41, 5.74) is 10.9. The molecule has 0 spiro atoms. The summed E-state index contributed by atoms with van der Waals surface area (Å²) in [6.07, 6.45) is 0. The normalized spacial score (nSPS) is 11.8. The number of hydrogen-bond donors (Lipinski definition) is 0. The summed E-state index contributed by atoms with van der Waals surface area (Å²) in [6, 6.07) is 49.6. The molecular weight excluding hydrogens is 524 g/mol. The highest BCUT2D eigenvalue weighted by atomic mass is 15.1. The molecule has 6 aromatic carbocycles. The monoisotopic (exact) mass is 550 g/mol. The van der Waals surface area contributed by atoms with Gasteiger partial charge in [0.15, 0.2) is 5.82 Å². The van der Waals surface area contributed by atoms with Crippen LogP contribution in [0.1, 0.15) is 5.69 Å². The van der Waals surface area contributed by atoms with Crippen molar-refractivity contribution in [3.8, 4) is 22.6 Å². The van der Waals surface area contributed by atoms with E-state index >= 15 is 0 Å². The SMILES string of the molecule is Cc1nc2ccccc2nc1-n1c2ccccc2c2cc(-c3ccc4c(c3)c3ccccc3n4-c3ccccc3)ccc21. The lowest BCUT2D eigenvalue weighted by molar-refractivity contribution is 1.03. The fourth-order valence-corrected chi connectivity index (χ4v) is 6.68. The Morgan fingerprint density at radius 1 is 0.419 bits per heavy atom. The van der Waals surface area contributed by atoms with E-state index in [2.05, 4.69) is 124 Å². The van der Waals surface area contributed by atoms with Crippen molar-refractivity contribution in [3.63, 3.8) is 0 Å². The third kappa shape index (κ3) is 3.57. The first kappa shape index (κ1) is 23.9. The van der Waals surface area contributed by atoms with E-state index in [1.165, 1.54) is 49.4 Å². The van der Waals surface area contributed by atoms with Crippen LogP contribution in [0.15, 0.2) is 140 Å². The third-order valence-electron chi connectivity index (χ3n) is 8.62. The van der Waals surface area contributed by atoms with E-state index < -0.39 is 0 Å². The van der Waals surface area contributed by atoms with Crippen molar-refractivity contribution < 1.29 is 0 Å². The standard InChI is InChI=1S/C39H26N4/c1-25-39(41-34-16-8-7-15-33(34)40-25)43-36-18-10-6-14-30(36)32-24-27(20-22-38(32)43)26-19-21-37-31(23-26)29-13-5-9-17-35(29)42(37)28-11-3-2-4-12-28/h2-24H,1H3. The van der Waals surface area contributed by atoms with Crippen LogP contribution in [-0.4, -0.2) is 19.1 Å². The lowest BCUT2D eigenvalue weighted by Gasteiger charge is -2.11. The van der Waals surface area contributed by atoms with E-state index in [0.717, 1.165) is 33.6 Å². The van der Waals surface area contributed by atoms with Crippen LogP contribution in [0.4, 0.5) is 0 Å². The molecule has 0 N–H and O–H groups in total. The zero-order valence-corrected chi connectivity index (χ0v) is 23.6. The van der Waals surface area contributed by atoms with E-state index in [-0.39, 0.29) is 0 Å². The maximum atomic E-state index is 5.09. The van der Waals surface area contributed by atoms with E-state index in [4.69, 9.17) is 9.97 Å². The molecule has 0 saturated carbocycles. The highest BCUT2D eigenvalue weighted by molar-refractivity contribution is 6.12. The van der Waals surface area contributed by atoms with E-state index in [1.54, 1.807) is 0 Å². The van der Waals surface area contributed by atoms with Crippen molar-refractivity contribution >= 4 is 54.6 Å². The van der Waals surface area contributed by atoms with Gasteiger partial charge in [0.1, 0.15) is 0 Å². The molecule has 0 amide bonds. The maximum absolute atomic E-state index is 5.09. The first-order valence-corrected chi connectivity index (χ1v) is 14.6. The molecule has 0 unspecified atom stereocenters. The fraction of sp³-hybridized carbons (Fsp3) is 0.0256. The van der Waals surface area contributed by atoms with Crippen molar-refractivity contribution in [2.24, 2.45) is 0 Å². The van der Waals surface area contributed by atoms with Crippen LogP contribution in [0, 0.1) is 6.92 Å². The second-order valence-electron chi connectivity index (χ2n) is 11.1. The van der Waals surface area contributed by atoms with Gasteiger partial charge < -0.3 is 4.57 Å². The van der Waals surface area contributed by atoms with E-state index in [1.807, 2.05) is 31.2 Å². The number of nitrogens with zero attached hydrogens (tertiary/aromatic N) is 4. The Balaban J connectivity index is 1.27. The van der Waals surface area contributed by atoms with Crippen molar-refractivity contribution in [3.05, 3.63) is 145 Å². The van der Waals surface area contributed by atoms with Gasteiger partial charge in [0.2, 0.25) is 0 Å². The Kier molecular flexibility index (Phi) is 5.08. The van der Waals surface area contributed by atoms with Crippen molar-refractivity contribution in [2.45, 2.75) is 6.92 Å². The summed E-state index contributed by atoms with van der Waals surface area (Å²) in [6.45, 7) is 2.05. The lowest BCUT2D eigenvalue weighted by atomic mass is 10.0. The summed E-state index contributed by atoms with van der Waals surface area (Å²) in [5.74, 6) is 0.868. The molecule has 9 aromatic rings. The van der Waals surface area contributed by atoms with Crippen molar-refractivity contribution in [2.75, 3.05) is 0 Å². The summed E-state index contributed by atoms with van der Waals surface area (Å²) in [7, 11) is 0. The number of aromatic nitrogens is 4. The molecule has 43 heavy (non-hydrogen) atoms. The second kappa shape index (κ2) is 9.13. The molecule has 0 aliphatic rings. The number of para-hydroxylation sites is 5. The van der Waals surface area contributed by atoms with Gasteiger partial charge in [-0.3, -0.25) is 4.57 Å². The molecule has 3 aromatic heterocycles. The molecule has 0 bridgehead atoms. The molecule has 202 valence electrons. The van der Waals surface area contributed by atoms with E-state index in [0.29, 0.717) is 0 Å². The molecule has 0 aliphatic carbocycles. The predicted octanol–water partition coefficient (Wildman–Crippen LogP) is 9.80. The molecular formula is C39H26N4. The Labute approximate surface area is 248 Å². The smallest absolute Gasteiger partial charge is 0.159 e. The molecule has 0 radical (unpaired) electrons. The zero-order chi connectivity index (χ0) is 28.5. The second-order valence-corrected chi connectivity index (χ2v) is 11.1. The maximum Gasteiger partial charge on any atom is 0.159 e. The van der Waals surface area contributed by atoms with Gasteiger partial charge >= 0.3 is 0 Å². The first-order chi connectivity index (χ1) is 21.2. The highest BCUT2D eigenvalue weighted by Crippen LogP contribution is 2.38. The van der Waals surface area contributed by atoms with Crippen LogP contribution in [0.2, 0.25) is 0 Å². The topological polar surface area (TPSA) is 35.6 Å². The summed E-state index contributed by atoms with van der Waals surface area (Å²) in [4.78, 5) is 9.99. The molecule has 4 nitrogen and oxygen atoms in total. The lowest BCUT2D eigenvalue weighted by Crippen LogP contribution is -2.03. The zero-order valence-electron chi connectivity index (χ0n) is 23.6. The van der Waals surface area contributed by atoms with Crippen molar-refractivity contribution in [1.82, 2.24) is 19.1 Å². The molecule has 4 heteroatoms. The van der Waals surface area contributed by atoms with Gasteiger partial charge in [-0.05, 0) is 78.7 Å². The van der Waals surface area contributed by atoms with Gasteiger partial charge in [-0.1, -0.05) is 78.9 Å². The van der Waals surface area contributed by atoms with Crippen LogP contribution in [0.5, 0.6) is 0 Å². The number of benzene rings is 6. The fourth-order valence-electron chi connectivity index (χ4n) is 6.68. The predicted molar refractivity (Wildman–Crippen MR) is 178 cm³/mol. The van der Waals surface area contributed by atoms with Gasteiger partial charge in [0, 0.05) is 27.2 Å². The van der Waals surface area contributed by atoms with Gasteiger partial charge in [-0.25, -0.2) is 9.97 Å². The van der Waals surface area contributed by atoms with Crippen LogP contribution in [-0.2, 0) is 0 Å². The Hall–Kier alpha value is -5.74. The summed E-state index contributed by atoms with van der Waals surface area (Å²) < 4.78 is 4.62. The Morgan fingerprint density at radius 2 is 0.907 bits per heavy atom. The molecule has 0 aliphatic heterocycles. The minimum absolute atomic E-state index is 0.868. The Bertz CT molecular complexity index is 2520. The number of aryl methyl sites for hydroxylation is 1. The van der Waals surface area contributed by atoms with E-state index in [9.17, 15) is 0 Å². The minimum Gasteiger partial charge on any atom is -0.309 e. The molecule has 0 fully saturated rings. The van der Waals surface area contributed by atoms with Gasteiger partial charge in [-0.2, -0.15) is 0 Å². The number of rotatable bonds is 3. The first-order valence-electron chi connectivity index (χ1n) is 14.6. The highest BCUT2D eigenvalue weighted by Gasteiger charge is 2.18. The minimum atomic E-state index is 0.868. The van der Waals surface area contributed by atoms with Crippen LogP contribution in [0.3, 0.4) is 0 Å². The van der Waals surface area contributed by atoms with Gasteiger partial charge in [-0.15, -0.1) is 0 Å². The van der Waals surface area contributed by atoms with Gasteiger partial charge in [0.05, 0.1) is 38.8 Å². The average molecular weight is 551 g/mol. The van der Waals surface area contributed by atoms with Crippen LogP contribution >= 0.6 is 0 Å². The number of hydrogen-bond acceptors (Lipinski definition) is 2. The number of fused-ring (bicyclic) bond motifs is 7. The largest absolute Gasteiger partial charge is 0.309 e.